The zero-order chi connectivity index (χ0) is 30.2. The molecule has 43 heavy (non-hydrogen) atoms. The van der Waals surface area contributed by atoms with Gasteiger partial charge in [-0.2, -0.15) is 0 Å². The number of nitrogens with zero attached hydrogens (tertiary/aromatic N) is 3. The van der Waals surface area contributed by atoms with Gasteiger partial charge < -0.3 is 31.2 Å². The van der Waals surface area contributed by atoms with Crippen molar-refractivity contribution in [3.63, 3.8) is 0 Å². The van der Waals surface area contributed by atoms with E-state index in [0.29, 0.717) is 36.3 Å². The molecule has 4 aromatic carbocycles. The van der Waals surface area contributed by atoms with Crippen LogP contribution in [0.4, 0.5) is 15.8 Å². The third-order valence-electron chi connectivity index (χ3n) is 8.45. The van der Waals surface area contributed by atoms with E-state index in [2.05, 4.69) is 21.8 Å². The van der Waals surface area contributed by atoms with Gasteiger partial charge in [0.25, 0.3) is 11.8 Å². The molecule has 5 N–H and O–H groups in total. The lowest BCUT2D eigenvalue weighted by Gasteiger charge is -2.32. The number of halogens is 1. The molecule has 9 heteroatoms. The van der Waals surface area contributed by atoms with Crippen molar-refractivity contribution in [1.82, 2.24) is 14.8 Å². The minimum Gasteiger partial charge on any atom is -0.366 e. The van der Waals surface area contributed by atoms with Crippen LogP contribution < -0.4 is 16.4 Å². The molecule has 0 bridgehead atoms. The number of amides is 2. The molecule has 0 atom stereocenters. The molecule has 0 spiro atoms. The molecule has 0 aliphatic carbocycles. The van der Waals surface area contributed by atoms with Crippen molar-refractivity contribution in [2.45, 2.75) is 13.5 Å². The smallest absolute Gasteiger partial charge is 0.254 e. The van der Waals surface area contributed by atoms with Gasteiger partial charge in [0.1, 0.15) is 5.82 Å². The first-order valence-electron chi connectivity index (χ1n) is 14.5. The molecule has 5 aromatic rings. The summed E-state index contributed by atoms with van der Waals surface area (Å²) in [5.41, 5.74) is 19.0. The highest BCUT2D eigenvalue weighted by molar-refractivity contribution is 6.20. The van der Waals surface area contributed by atoms with E-state index in [9.17, 15) is 14.0 Å². The van der Waals surface area contributed by atoms with Crippen LogP contribution in [0.2, 0.25) is 0 Å². The van der Waals surface area contributed by atoms with Gasteiger partial charge in [0.05, 0.1) is 11.1 Å². The molecule has 2 amide bonds. The molecule has 0 radical (unpaired) electrons. The quantitative estimate of drug-likeness (QED) is 0.245. The summed E-state index contributed by atoms with van der Waals surface area (Å²) in [6.07, 6.45) is 0. The molecule has 1 aliphatic heterocycles. The number of aromatic nitrogens is 1. The van der Waals surface area contributed by atoms with E-state index >= 15 is 0 Å². The van der Waals surface area contributed by atoms with Crippen molar-refractivity contribution in [2.75, 3.05) is 44.7 Å². The molecular weight excluding hydrogens is 543 g/mol. The first-order valence-corrected chi connectivity index (χ1v) is 14.5. The molecule has 1 aliphatic rings. The van der Waals surface area contributed by atoms with Crippen LogP contribution in [-0.4, -0.2) is 66.4 Å². The number of likely N-dealkylation sites (N-methyl/N-ethyl adjacent to an activating group) is 1. The number of aromatic amines is 1. The van der Waals surface area contributed by atoms with Gasteiger partial charge in [0.2, 0.25) is 0 Å². The molecule has 2 heterocycles. The Morgan fingerprint density at radius 1 is 0.953 bits per heavy atom. The zero-order valence-corrected chi connectivity index (χ0v) is 24.4. The fraction of sp³-hybridized carbons (Fsp3) is 0.235. The SMILES string of the molecule is CCN(c1ccc(F)cc1)c1cccc(-c2ccc(C(N)=O)c3[nH]c4cc(C(=O)N5CCN(C)CC5)ccc4c23)c1CN. The summed E-state index contributed by atoms with van der Waals surface area (Å²) in [5.74, 6) is -0.849. The summed E-state index contributed by atoms with van der Waals surface area (Å²) >= 11 is 0. The highest BCUT2D eigenvalue weighted by atomic mass is 19.1. The Kier molecular flexibility index (Phi) is 7.60. The van der Waals surface area contributed by atoms with E-state index in [1.807, 2.05) is 54.3 Å². The number of fused-ring (bicyclic) bond motifs is 3. The lowest BCUT2D eigenvalue weighted by Crippen LogP contribution is -2.47. The van der Waals surface area contributed by atoms with Crippen molar-refractivity contribution in [3.05, 3.63) is 95.3 Å². The number of piperazine rings is 1. The Labute approximate surface area is 249 Å². The van der Waals surface area contributed by atoms with E-state index in [-0.39, 0.29) is 18.3 Å². The largest absolute Gasteiger partial charge is 0.366 e. The number of benzene rings is 4. The molecule has 1 aromatic heterocycles. The van der Waals surface area contributed by atoms with Gasteiger partial charge in [-0.1, -0.05) is 24.3 Å². The van der Waals surface area contributed by atoms with Gasteiger partial charge in [-0.25, -0.2) is 4.39 Å². The summed E-state index contributed by atoms with van der Waals surface area (Å²) in [6, 6.07) is 21.7. The number of primary amides is 1. The van der Waals surface area contributed by atoms with Gasteiger partial charge >= 0.3 is 0 Å². The number of hydrogen-bond donors (Lipinski definition) is 3. The van der Waals surface area contributed by atoms with Crippen LogP contribution in [0.1, 0.15) is 33.2 Å². The molecule has 1 saturated heterocycles. The normalized spacial score (nSPS) is 14.0. The summed E-state index contributed by atoms with van der Waals surface area (Å²) in [5, 5.41) is 1.71. The maximum Gasteiger partial charge on any atom is 0.254 e. The van der Waals surface area contributed by atoms with Crippen LogP contribution in [0, 0.1) is 5.82 Å². The molecule has 220 valence electrons. The van der Waals surface area contributed by atoms with E-state index in [1.165, 1.54) is 12.1 Å². The van der Waals surface area contributed by atoms with Gasteiger partial charge in [0.15, 0.2) is 0 Å². The minimum atomic E-state index is -0.543. The van der Waals surface area contributed by atoms with Crippen molar-refractivity contribution in [3.8, 4) is 11.1 Å². The van der Waals surface area contributed by atoms with Gasteiger partial charge in [-0.3, -0.25) is 9.59 Å². The number of nitrogens with two attached hydrogens (primary N) is 2. The number of anilines is 2. The van der Waals surface area contributed by atoms with Gasteiger partial charge in [0, 0.05) is 72.5 Å². The monoisotopic (exact) mass is 578 g/mol. The molecule has 0 unspecified atom stereocenters. The third-order valence-corrected chi connectivity index (χ3v) is 8.45. The summed E-state index contributed by atoms with van der Waals surface area (Å²) in [6.45, 7) is 5.98. The Morgan fingerprint density at radius 3 is 2.37 bits per heavy atom. The predicted molar refractivity (Wildman–Crippen MR) is 170 cm³/mol. The lowest BCUT2D eigenvalue weighted by atomic mass is 9.92. The second kappa shape index (κ2) is 11.5. The highest BCUT2D eigenvalue weighted by Gasteiger charge is 2.24. The first kappa shape index (κ1) is 28.4. The number of carbonyl (C=O) groups excluding carboxylic acids is 2. The van der Waals surface area contributed by atoms with Crippen molar-refractivity contribution >= 4 is 45.0 Å². The van der Waals surface area contributed by atoms with Crippen LogP contribution in [0.15, 0.2) is 72.8 Å². The summed E-state index contributed by atoms with van der Waals surface area (Å²) in [7, 11) is 2.06. The predicted octanol–water partition coefficient (Wildman–Crippen LogP) is 5.23. The maximum absolute atomic E-state index is 13.7. The molecular formula is C34H35FN6O2. The van der Waals surface area contributed by atoms with E-state index in [1.54, 1.807) is 18.2 Å². The first-order chi connectivity index (χ1) is 20.8. The number of carbonyl (C=O) groups is 2. The molecule has 6 rings (SSSR count). The lowest BCUT2D eigenvalue weighted by molar-refractivity contribution is 0.0664. The summed E-state index contributed by atoms with van der Waals surface area (Å²) in [4.78, 5) is 35.5. The van der Waals surface area contributed by atoms with E-state index in [4.69, 9.17) is 11.5 Å². The van der Waals surface area contributed by atoms with Crippen LogP contribution in [-0.2, 0) is 6.54 Å². The Bertz CT molecular complexity index is 1840. The number of H-pyrrole nitrogens is 1. The minimum absolute atomic E-state index is 0.0115. The second-order valence-corrected chi connectivity index (χ2v) is 11.0. The van der Waals surface area contributed by atoms with Crippen molar-refractivity contribution in [2.24, 2.45) is 11.5 Å². The number of rotatable bonds is 7. The van der Waals surface area contributed by atoms with Gasteiger partial charge in [-0.05, 0) is 79.2 Å². The maximum atomic E-state index is 13.7. The zero-order valence-electron chi connectivity index (χ0n) is 24.4. The number of hydrogen-bond acceptors (Lipinski definition) is 5. The fourth-order valence-corrected chi connectivity index (χ4v) is 6.17. The van der Waals surface area contributed by atoms with E-state index in [0.717, 1.165) is 57.4 Å². The topological polar surface area (TPSA) is 112 Å². The van der Waals surface area contributed by atoms with Crippen LogP contribution in [0.25, 0.3) is 32.9 Å². The van der Waals surface area contributed by atoms with Gasteiger partial charge in [-0.15, -0.1) is 0 Å². The third kappa shape index (κ3) is 5.11. The Hall–Kier alpha value is -4.73. The fourth-order valence-electron chi connectivity index (χ4n) is 6.17. The second-order valence-electron chi connectivity index (χ2n) is 11.0. The summed E-state index contributed by atoms with van der Waals surface area (Å²) < 4.78 is 13.7. The molecule has 0 saturated carbocycles. The molecule has 1 fully saturated rings. The van der Waals surface area contributed by atoms with Crippen LogP contribution in [0.5, 0.6) is 0 Å². The average Bonchev–Trinajstić information content (AvgIpc) is 3.40. The average molecular weight is 579 g/mol. The Balaban J connectivity index is 1.51. The Morgan fingerprint density at radius 2 is 1.70 bits per heavy atom. The van der Waals surface area contributed by atoms with Crippen LogP contribution >= 0.6 is 0 Å². The van der Waals surface area contributed by atoms with Crippen LogP contribution in [0.3, 0.4) is 0 Å². The number of nitrogens with one attached hydrogen (secondary N) is 1. The van der Waals surface area contributed by atoms with Crippen molar-refractivity contribution in [1.29, 1.82) is 0 Å². The highest BCUT2D eigenvalue weighted by Crippen LogP contribution is 2.41. The molecule has 8 nitrogen and oxygen atoms in total. The van der Waals surface area contributed by atoms with E-state index < -0.39 is 5.91 Å². The standard InChI is InChI=1S/C34H35FN6O2/c1-3-41(23-10-8-22(35)9-11-23)30-6-4-5-24(28(30)20-36)25-13-14-27(33(37)42)32-31(25)26-12-7-21(19-29(26)38-32)34(43)40-17-15-39(2)16-18-40/h4-14,19,38H,3,15-18,20,36H2,1-2H3,(H2,37,42). The van der Waals surface area contributed by atoms with Crippen molar-refractivity contribution < 1.29 is 14.0 Å².